The third kappa shape index (κ3) is 7.30. The van der Waals surface area contributed by atoms with Gasteiger partial charge in [0.1, 0.15) is 5.82 Å². The van der Waals surface area contributed by atoms with Crippen molar-refractivity contribution in [2.45, 2.75) is 77.9 Å². The summed E-state index contributed by atoms with van der Waals surface area (Å²) < 4.78 is 0. The summed E-state index contributed by atoms with van der Waals surface area (Å²) in [4.78, 5) is 11.7. The maximum absolute atomic E-state index is 10.8. The third-order valence-corrected chi connectivity index (χ3v) is 5.27. The Bertz CT molecular complexity index is 592. The van der Waals surface area contributed by atoms with Gasteiger partial charge >= 0.3 is 0 Å². The maximum Gasteiger partial charge on any atom is 0.191 e. The van der Waals surface area contributed by atoms with Crippen LogP contribution in [0.2, 0.25) is 0 Å². The number of piperidine rings is 1. The summed E-state index contributed by atoms with van der Waals surface area (Å²) in [6, 6.07) is 4.19. The minimum Gasteiger partial charge on any atom is -0.388 e. The fraction of sp³-hybridized carbons (Fsp3) is 0.727. The first kappa shape index (κ1) is 22.5. The molecule has 6 heteroatoms. The Labute approximate surface area is 170 Å². The molecule has 1 aliphatic rings. The van der Waals surface area contributed by atoms with Gasteiger partial charge in [-0.1, -0.05) is 26.7 Å². The number of aromatic nitrogens is 1. The Morgan fingerprint density at radius 3 is 2.50 bits per heavy atom. The molecule has 0 spiro atoms. The molecule has 1 saturated heterocycles. The molecule has 3 N–H and O–H groups in total. The third-order valence-electron chi connectivity index (χ3n) is 5.27. The van der Waals surface area contributed by atoms with E-state index >= 15 is 0 Å². The number of pyridine rings is 1. The van der Waals surface area contributed by atoms with E-state index in [0.29, 0.717) is 13.1 Å². The van der Waals surface area contributed by atoms with Gasteiger partial charge in [-0.3, -0.25) is 0 Å². The Balaban J connectivity index is 1.99. The molecule has 0 atom stereocenters. The molecule has 6 nitrogen and oxygen atoms in total. The molecule has 1 aliphatic heterocycles. The van der Waals surface area contributed by atoms with E-state index in [1.165, 1.54) is 19.3 Å². The summed E-state index contributed by atoms with van der Waals surface area (Å²) in [6.45, 7) is 10.4. The van der Waals surface area contributed by atoms with E-state index in [1.807, 2.05) is 12.3 Å². The molecule has 0 aliphatic carbocycles. The van der Waals surface area contributed by atoms with E-state index in [4.69, 9.17) is 4.99 Å². The van der Waals surface area contributed by atoms with Gasteiger partial charge in [-0.2, -0.15) is 0 Å². The van der Waals surface area contributed by atoms with Crippen LogP contribution in [-0.4, -0.2) is 47.8 Å². The lowest BCUT2D eigenvalue weighted by atomic mass is 9.93. The molecule has 0 amide bonds. The molecule has 1 fully saturated rings. The Morgan fingerprint density at radius 2 is 1.86 bits per heavy atom. The highest BCUT2D eigenvalue weighted by Gasteiger charge is 2.24. The summed E-state index contributed by atoms with van der Waals surface area (Å²) in [5, 5.41) is 17.5. The van der Waals surface area contributed by atoms with Gasteiger partial charge in [-0.25, -0.2) is 9.98 Å². The standard InChI is InChI=1S/C22H39N5O/c1-4-11-22(28,12-5-2)18-26-21(23-6-3)25-17-19-10-13-24-20(16-19)27-14-8-7-9-15-27/h10,13,16,28H,4-9,11-12,14-15,17-18H2,1-3H3,(H2,23,25,26). The fourth-order valence-corrected chi connectivity index (χ4v) is 3.85. The monoisotopic (exact) mass is 389 g/mol. The van der Waals surface area contributed by atoms with Crippen molar-refractivity contribution >= 4 is 11.8 Å². The predicted molar refractivity (Wildman–Crippen MR) is 118 cm³/mol. The average Bonchev–Trinajstić information content (AvgIpc) is 2.71. The van der Waals surface area contributed by atoms with Crippen molar-refractivity contribution < 1.29 is 5.11 Å². The van der Waals surface area contributed by atoms with Crippen molar-refractivity contribution in [2.24, 2.45) is 4.99 Å². The largest absolute Gasteiger partial charge is 0.388 e. The average molecular weight is 390 g/mol. The van der Waals surface area contributed by atoms with Crippen LogP contribution in [0.4, 0.5) is 5.82 Å². The molecule has 0 aromatic carbocycles. The van der Waals surface area contributed by atoms with Crippen LogP contribution in [0.3, 0.4) is 0 Å². The normalized spacial score (nSPS) is 15.6. The zero-order valence-electron chi connectivity index (χ0n) is 18.0. The van der Waals surface area contributed by atoms with Crippen molar-refractivity contribution in [1.82, 2.24) is 15.6 Å². The van der Waals surface area contributed by atoms with E-state index in [0.717, 1.165) is 62.7 Å². The number of nitrogens with one attached hydrogen (secondary N) is 2. The topological polar surface area (TPSA) is 72.8 Å². The number of hydrogen-bond donors (Lipinski definition) is 3. The smallest absolute Gasteiger partial charge is 0.191 e. The SMILES string of the molecule is CCCC(O)(CCC)CNC(=NCc1ccnc(N2CCCCC2)c1)NCC. The molecule has 2 heterocycles. The highest BCUT2D eigenvalue weighted by molar-refractivity contribution is 5.79. The zero-order valence-corrected chi connectivity index (χ0v) is 18.0. The number of guanidine groups is 1. The molecule has 2 rings (SSSR count). The second-order valence-electron chi connectivity index (χ2n) is 7.84. The van der Waals surface area contributed by atoms with Crippen LogP contribution in [0, 0.1) is 0 Å². The minimum absolute atomic E-state index is 0.524. The van der Waals surface area contributed by atoms with Gasteiger partial charge in [0.2, 0.25) is 0 Å². The Morgan fingerprint density at radius 1 is 1.14 bits per heavy atom. The van der Waals surface area contributed by atoms with Gasteiger partial charge in [0.15, 0.2) is 5.96 Å². The van der Waals surface area contributed by atoms with Crippen molar-refractivity contribution in [3.63, 3.8) is 0 Å². The second kappa shape index (κ2) is 11.9. The Hall–Kier alpha value is -1.82. The summed E-state index contributed by atoms with van der Waals surface area (Å²) in [5.41, 5.74) is 0.489. The van der Waals surface area contributed by atoms with Crippen LogP contribution in [0.5, 0.6) is 0 Å². The van der Waals surface area contributed by atoms with Crippen molar-refractivity contribution in [2.75, 3.05) is 31.1 Å². The molecular weight excluding hydrogens is 350 g/mol. The van der Waals surface area contributed by atoms with Gasteiger partial charge in [0, 0.05) is 32.4 Å². The van der Waals surface area contributed by atoms with Crippen LogP contribution in [0.15, 0.2) is 23.3 Å². The van der Waals surface area contributed by atoms with Gasteiger partial charge in [-0.15, -0.1) is 0 Å². The first-order chi connectivity index (χ1) is 13.6. The minimum atomic E-state index is -0.669. The van der Waals surface area contributed by atoms with Crippen LogP contribution in [-0.2, 0) is 6.54 Å². The van der Waals surface area contributed by atoms with Gasteiger partial charge in [0.05, 0.1) is 12.1 Å². The maximum atomic E-state index is 10.8. The number of anilines is 1. The van der Waals surface area contributed by atoms with Crippen LogP contribution < -0.4 is 15.5 Å². The highest BCUT2D eigenvalue weighted by atomic mass is 16.3. The molecule has 1 aromatic rings. The highest BCUT2D eigenvalue weighted by Crippen LogP contribution is 2.19. The van der Waals surface area contributed by atoms with Crippen molar-refractivity contribution in [1.29, 1.82) is 0 Å². The van der Waals surface area contributed by atoms with Crippen molar-refractivity contribution in [3.8, 4) is 0 Å². The number of rotatable bonds is 10. The first-order valence-electron chi connectivity index (χ1n) is 11.0. The lowest BCUT2D eigenvalue weighted by Crippen LogP contribution is -2.47. The predicted octanol–water partition coefficient (Wildman–Crippen LogP) is 3.46. The fourth-order valence-electron chi connectivity index (χ4n) is 3.85. The van der Waals surface area contributed by atoms with Gasteiger partial charge in [-0.05, 0) is 56.7 Å². The van der Waals surface area contributed by atoms with E-state index in [-0.39, 0.29) is 0 Å². The van der Waals surface area contributed by atoms with Crippen LogP contribution in [0.1, 0.15) is 71.3 Å². The van der Waals surface area contributed by atoms with Gasteiger partial charge in [0.25, 0.3) is 0 Å². The number of aliphatic imine (C=N–C) groups is 1. The van der Waals surface area contributed by atoms with E-state index in [1.54, 1.807) is 0 Å². The lowest BCUT2D eigenvalue weighted by Gasteiger charge is -2.28. The van der Waals surface area contributed by atoms with Gasteiger partial charge < -0.3 is 20.6 Å². The Kier molecular flexibility index (Phi) is 9.55. The molecule has 28 heavy (non-hydrogen) atoms. The quantitative estimate of drug-likeness (QED) is 0.422. The van der Waals surface area contributed by atoms with Crippen molar-refractivity contribution in [3.05, 3.63) is 23.9 Å². The molecular formula is C22H39N5O. The molecule has 1 aromatic heterocycles. The lowest BCUT2D eigenvalue weighted by molar-refractivity contribution is 0.0257. The van der Waals surface area contributed by atoms with Crippen LogP contribution in [0.25, 0.3) is 0 Å². The second-order valence-corrected chi connectivity index (χ2v) is 7.84. The van der Waals surface area contributed by atoms with Crippen LogP contribution >= 0.6 is 0 Å². The first-order valence-corrected chi connectivity index (χ1v) is 11.0. The molecule has 0 unspecified atom stereocenters. The van der Waals surface area contributed by atoms with E-state index < -0.39 is 5.60 Å². The molecule has 0 saturated carbocycles. The molecule has 0 radical (unpaired) electrons. The summed E-state index contributed by atoms with van der Waals surface area (Å²) >= 11 is 0. The summed E-state index contributed by atoms with van der Waals surface area (Å²) in [5.74, 6) is 1.81. The summed E-state index contributed by atoms with van der Waals surface area (Å²) in [7, 11) is 0. The summed E-state index contributed by atoms with van der Waals surface area (Å²) in [6.07, 6.45) is 9.25. The molecule has 0 bridgehead atoms. The number of nitrogens with zero attached hydrogens (tertiary/aromatic N) is 3. The number of hydrogen-bond acceptors (Lipinski definition) is 4. The zero-order chi connectivity index (χ0) is 20.2. The van der Waals surface area contributed by atoms with E-state index in [2.05, 4.69) is 47.4 Å². The molecule has 158 valence electrons. The number of aliphatic hydroxyl groups is 1. The van der Waals surface area contributed by atoms with E-state index in [9.17, 15) is 5.11 Å².